The quantitative estimate of drug-likeness (QED) is 0.726. The number of fused-ring (bicyclic) bond motifs is 1. The Balaban J connectivity index is 2.25. The Morgan fingerprint density at radius 1 is 1.16 bits per heavy atom. The smallest absolute Gasteiger partial charge is 0.335 e. The van der Waals surface area contributed by atoms with Gasteiger partial charge in [0.2, 0.25) is 0 Å². The first-order valence-corrected chi connectivity index (χ1v) is 8.47. The van der Waals surface area contributed by atoms with Crippen LogP contribution in [0.4, 0.5) is 5.69 Å². The van der Waals surface area contributed by atoms with E-state index >= 15 is 0 Å². The molecular formula is C21H22N2O2. The summed E-state index contributed by atoms with van der Waals surface area (Å²) in [6.45, 7) is 4.33. The van der Waals surface area contributed by atoms with Crippen molar-refractivity contribution in [1.29, 1.82) is 0 Å². The fourth-order valence-corrected chi connectivity index (χ4v) is 2.89. The molecule has 0 fully saturated rings. The number of pyridine rings is 1. The molecule has 0 saturated heterocycles. The molecule has 1 unspecified atom stereocenters. The van der Waals surface area contributed by atoms with Crippen LogP contribution >= 0.6 is 0 Å². The van der Waals surface area contributed by atoms with E-state index in [2.05, 4.69) is 25.8 Å². The monoisotopic (exact) mass is 334 g/mol. The predicted molar refractivity (Wildman–Crippen MR) is 102 cm³/mol. The van der Waals surface area contributed by atoms with E-state index in [1.807, 2.05) is 36.4 Å². The summed E-state index contributed by atoms with van der Waals surface area (Å²) in [6, 6.07) is 17.6. The maximum absolute atomic E-state index is 11.3. The number of rotatable bonds is 5. The lowest BCUT2D eigenvalue weighted by molar-refractivity contribution is 0.0697. The molecule has 2 aromatic carbocycles. The summed E-state index contributed by atoms with van der Waals surface area (Å²) in [6.07, 6.45) is 1.01. The summed E-state index contributed by atoms with van der Waals surface area (Å²) in [5.74, 6) is -0.925. The van der Waals surface area contributed by atoms with E-state index in [0.29, 0.717) is 6.04 Å². The molecule has 4 heteroatoms. The van der Waals surface area contributed by atoms with Crippen molar-refractivity contribution >= 4 is 22.6 Å². The van der Waals surface area contributed by atoms with Crippen molar-refractivity contribution in [2.45, 2.75) is 26.3 Å². The second-order valence-corrected chi connectivity index (χ2v) is 6.30. The minimum Gasteiger partial charge on any atom is -0.478 e. The molecule has 0 bridgehead atoms. The number of nitrogens with zero attached hydrogens (tertiary/aromatic N) is 2. The molecule has 25 heavy (non-hydrogen) atoms. The molecule has 0 radical (unpaired) electrons. The number of carboxylic acid groups (broad SMARTS) is 1. The Bertz CT molecular complexity index is 906. The van der Waals surface area contributed by atoms with E-state index in [9.17, 15) is 9.90 Å². The zero-order valence-corrected chi connectivity index (χ0v) is 14.7. The van der Waals surface area contributed by atoms with Crippen LogP contribution in [-0.2, 0) is 0 Å². The van der Waals surface area contributed by atoms with Crippen LogP contribution in [0.1, 0.15) is 30.6 Å². The van der Waals surface area contributed by atoms with Crippen LogP contribution in [0, 0.1) is 0 Å². The minimum atomic E-state index is -0.925. The highest BCUT2D eigenvalue weighted by atomic mass is 16.4. The van der Waals surface area contributed by atoms with Gasteiger partial charge in [0.1, 0.15) is 0 Å². The molecule has 0 aliphatic heterocycles. The Morgan fingerprint density at radius 2 is 1.88 bits per heavy atom. The van der Waals surface area contributed by atoms with Gasteiger partial charge in [0.05, 0.1) is 22.5 Å². The highest BCUT2D eigenvalue weighted by Crippen LogP contribution is 2.33. The Hall–Kier alpha value is -2.88. The summed E-state index contributed by atoms with van der Waals surface area (Å²) in [4.78, 5) is 18.3. The number of carbonyl (C=O) groups is 1. The average molecular weight is 334 g/mol. The molecule has 1 aromatic heterocycles. The van der Waals surface area contributed by atoms with Crippen molar-refractivity contribution in [2.24, 2.45) is 0 Å². The SMILES string of the molecule is CCC(C)N(C)c1cc2cc(C(=O)O)ccc2nc1-c1ccccc1. The van der Waals surface area contributed by atoms with Crippen molar-refractivity contribution in [3.8, 4) is 11.3 Å². The highest BCUT2D eigenvalue weighted by Gasteiger charge is 2.17. The van der Waals surface area contributed by atoms with E-state index in [1.165, 1.54) is 0 Å². The van der Waals surface area contributed by atoms with Crippen LogP contribution in [0.3, 0.4) is 0 Å². The predicted octanol–water partition coefficient (Wildman–Crippen LogP) is 4.83. The van der Waals surface area contributed by atoms with Gasteiger partial charge in [-0.3, -0.25) is 0 Å². The number of carboxylic acids is 1. The molecular weight excluding hydrogens is 312 g/mol. The second-order valence-electron chi connectivity index (χ2n) is 6.30. The standard InChI is InChI=1S/C21H22N2O2/c1-4-14(2)23(3)19-13-17-12-16(21(24)25)10-11-18(17)22-20(19)15-8-6-5-7-9-15/h5-14H,4H2,1-3H3,(H,24,25). The van der Waals surface area contributed by atoms with Gasteiger partial charge in [-0.25, -0.2) is 9.78 Å². The van der Waals surface area contributed by atoms with E-state index in [1.54, 1.807) is 18.2 Å². The van der Waals surface area contributed by atoms with Gasteiger partial charge in [0.15, 0.2) is 0 Å². The average Bonchev–Trinajstić information content (AvgIpc) is 2.65. The molecule has 0 amide bonds. The molecule has 0 saturated carbocycles. The van der Waals surface area contributed by atoms with E-state index < -0.39 is 5.97 Å². The second kappa shape index (κ2) is 6.93. The summed E-state index contributed by atoms with van der Waals surface area (Å²) >= 11 is 0. The summed E-state index contributed by atoms with van der Waals surface area (Å²) < 4.78 is 0. The zero-order chi connectivity index (χ0) is 18.0. The molecule has 1 atom stereocenters. The van der Waals surface area contributed by atoms with Gasteiger partial charge in [-0.15, -0.1) is 0 Å². The number of benzene rings is 2. The van der Waals surface area contributed by atoms with Crippen LogP contribution in [0.2, 0.25) is 0 Å². The lowest BCUT2D eigenvalue weighted by atomic mass is 10.0. The Morgan fingerprint density at radius 3 is 2.52 bits per heavy atom. The molecule has 0 aliphatic rings. The van der Waals surface area contributed by atoms with Crippen molar-refractivity contribution in [1.82, 2.24) is 4.98 Å². The van der Waals surface area contributed by atoms with E-state index in [-0.39, 0.29) is 5.56 Å². The third-order valence-electron chi connectivity index (χ3n) is 4.72. The molecule has 0 aliphatic carbocycles. The van der Waals surface area contributed by atoms with E-state index in [0.717, 1.165) is 34.3 Å². The fourth-order valence-electron chi connectivity index (χ4n) is 2.89. The van der Waals surface area contributed by atoms with Crippen LogP contribution in [0.5, 0.6) is 0 Å². The van der Waals surface area contributed by atoms with Crippen LogP contribution in [0.25, 0.3) is 22.2 Å². The maximum Gasteiger partial charge on any atom is 0.335 e. The van der Waals surface area contributed by atoms with Gasteiger partial charge in [-0.2, -0.15) is 0 Å². The molecule has 3 aromatic rings. The Kier molecular flexibility index (Phi) is 4.70. The minimum absolute atomic E-state index is 0.277. The summed E-state index contributed by atoms with van der Waals surface area (Å²) in [5.41, 5.74) is 4.05. The largest absolute Gasteiger partial charge is 0.478 e. The summed E-state index contributed by atoms with van der Waals surface area (Å²) in [5, 5.41) is 10.1. The fraction of sp³-hybridized carbons (Fsp3) is 0.238. The maximum atomic E-state index is 11.3. The normalized spacial score (nSPS) is 12.1. The number of aromatic carboxylic acids is 1. The highest BCUT2D eigenvalue weighted by molar-refractivity contribution is 5.96. The van der Waals surface area contributed by atoms with Crippen molar-refractivity contribution in [2.75, 3.05) is 11.9 Å². The van der Waals surface area contributed by atoms with Crippen LogP contribution in [0.15, 0.2) is 54.6 Å². The first-order chi connectivity index (χ1) is 12.0. The van der Waals surface area contributed by atoms with E-state index in [4.69, 9.17) is 4.98 Å². The third kappa shape index (κ3) is 3.33. The van der Waals surface area contributed by atoms with Crippen LogP contribution < -0.4 is 4.90 Å². The van der Waals surface area contributed by atoms with Gasteiger partial charge in [-0.05, 0) is 37.6 Å². The van der Waals surface area contributed by atoms with Crippen molar-refractivity contribution < 1.29 is 9.90 Å². The first-order valence-electron chi connectivity index (χ1n) is 8.47. The number of anilines is 1. The molecule has 3 rings (SSSR count). The molecule has 4 nitrogen and oxygen atoms in total. The zero-order valence-electron chi connectivity index (χ0n) is 14.7. The number of hydrogen-bond acceptors (Lipinski definition) is 3. The van der Waals surface area contributed by atoms with Gasteiger partial charge >= 0.3 is 5.97 Å². The Labute approximate surface area is 147 Å². The lowest BCUT2D eigenvalue weighted by Crippen LogP contribution is -2.28. The molecule has 0 spiro atoms. The van der Waals surface area contributed by atoms with Gasteiger partial charge in [-0.1, -0.05) is 37.3 Å². The van der Waals surface area contributed by atoms with Gasteiger partial charge < -0.3 is 10.0 Å². The number of aromatic nitrogens is 1. The molecule has 1 N–H and O–H groups in total. The molecule has 1 heterocycles. The molecule has 128 valence electrons. The summed E-state index contributed by atoms with van der Waals surface area (Å²) in [7, 11) is 2.06. The van der Waals surface area contributed by atoms with Gasteiger partial charge in [0.25, 0.3) is 0 Å². The van der Waals surface area contributed by atoms with Crippen molar-refractivity contribution in [3.05, 3.63) is 60.2 Å². The van der Waals surface area contributed by atoms with Gasteiger partial charge in [0, 0.05) is 24.0 Å². The first kappa shape index (κ1) is 17.0. The topological polar surface area (TPSA) is 53.4 Å². The lowest BCUT2D eigenvalue weighted by Gasteiger charge is -2.28. The third-order valence-corrected chi connectivity index (χ3v) is 4.72. The number of hydrogen-bond donors (Lipinski definition) is 1. The van der Waals surface area contributed by atoms with Crippen LogP contribution in [-0.4, -0.2) is 29.1 Å². The van der Waals surface area contributed by atoms with Crippen molar-refractivity contribution in [3.63, 3.8) is 0 Å².